The molecule has 15 nitrogen and oxygen atoms in total. The second-order valence-corrected chi connectivity index (χ2v) is 20.2. The van der Waals surface area contributed by atoms with E-state index in [1.54, 1.807) is 67.3 Å². The molecule has 17 heteroatoms. The fourth-order valence-corrected chi connectivity index (χ4v) is 12.5. The number of hydrogen-bond donors (Lipinski definition) is 1. The number of imidazole rings is 1. The molecule has 330 valence electrons. The molecule has 3 aromatic carbocycles. The van der Waals surface area contributed by atoms with Gasteiger partial charge in [0.15, 0.2) is 5.82 Å². The summed E-state index contributed by atoms with van der Waals surface area (Å²) in [5.41, 5.74) is 4.69. The van der Waals surface area contributed by atoms with Crippen molar-refractivity contribution in [2.24, 2.45) is 10.3 Å². The van der Waals surface area contributed by atoms with Crippen LogP contribution in [0.4, 0.5) is 4.39 Å². The van der Waals surface area contributed by atoms with Gasteiger partial charge in [-0.3, -0.25) is 23.4 Å². The lowest BCUT2D eigenvalue weighted by Crippen LogP contribution is -2.41. The Morgan fingerprint density at radius 2 is 1.69 bits per heavy atom. The lowest BCUT2D eigenvalue weighted by Gasteiger charge is -2.34. The van der Waals surface area contributed by atoms with Gasteiger partial charge in [-0.15, -0.1) is 0 Å². The molecule has 0 bridgehead atoms. The van der Waals surface area contributed by atoms with Crippen molar-refractivity contribution in [2.45, 2.75) is 82.2 Å². The van der Waals surface area contributed by atoms with Gasteiger partial charge >= 0.3 is 11.4 Å². The van der Waals surface area contributed by atoms with Crippen LogP contribution >= 0.6 is 0 Å². The van der Waals surface area contributed by atoms with Crippen molar-refractivity contribution >= 4 is 26.5 Å². The molecular weight excluding hydrogens is 838 g/mol. The standard InChI is InChI=1S/C47H48FN9O6S/c1-27-22-35(23-28(2)41(27)48)57-42(55-18-17-54(46(55)60)34-7-9-36(10-8-34)64(61)21-5-15-49-64)40-30(4)53(16-12-37(40)51-57)43(58)39-25-33-24-32(31-13-19-62-20-14-31)6-11-38(33)56(39)47(26-29(47)3)44-50-45(59)63-52-44/h6-11,17-18,22-25,29-31H,5,12-16,19-21,26H2,1-4H3,(H,50,52,59)/t29-,30-,47-,64?/m0/s1. The number of carbonyl (C=O) groups is 1. The zero-order valence-corrected chi connectivity index (χ0v) is 36.9. The molecule has 0 spiro atoms. The van der Waals surface area contributed by atoms with Crippen LogP contribution in [0, 0.1) is 25.6 Å². The molecule has 64 heavy (non-hydrogen) atoms. The molecule has 4 aliphatic rings. The highest BCUT2D eigenvalue weighted by atomic mass is 32.2. The molecule has 3 aliphatic heterocycles. The average molecular weight is 886 g/mol. The number of benzene rings is 3. The Hall–Kier alpha value is -6.33. The number of aryl methyl sites for hydroxylation is 2. The van der Waals surface area contributed by atoms with Crippen molar-refractivity contribution < 1.29 is 22.7 Å². The van der Waals surface area contributed by atoms with Gasteiger partial charge in [0.2, 0.25) is 0 Å². The molecule has 4 aromatic heterocycles. The maximum absolute atomic E-state index is 15.5. The number of H-pyrrole nitrogens is 1. The van der Waals surface area contributed by atoms with Gasteiger partial charge in [0.1, 0.15) is 22.9 Å². The van der Waals surface area contributed by atoms with Gasteiger partial charge in [0.25, 0.3) is 5.91 Å². The summed E-state index contributed by atoms with van der Waals surface area (Å²) in [5, 5.41) is 10.2. The van der Waals surface area contributed by atoms with Gasteiger partial charge in [0, 0.05) is 72.2 Å². The zero-order chi connectivity index (χ0) is 44.2. The SMILES string of the molecule is Cc1cc(-n2nc3c(c2-n2ccn(-c4ccc(S5(=O)=NCCC5)cc4)c2=O)[C@H](C)N(C(=O)c2cc4cc(C5CCOCC5)ccc4n2[C@@]2(c4noc(=O)[nH]4)C[C@@H]2C)CC3)cc(C)c1F. The molecule has 11 rings (SSSR count). The summed E-state index contributed by atoms with van der Waals surface area (Å²) in [6.45, 7) is 9.73. The van der Waals surface area contributed by atoms with E-state index in [9.17, 15) is 13.8 Å². The first kappa shape index (κ1) is 40.4. The van der Waals surface area contributed by atoms with Crippen LogP contribution in [0.25, 0.3) is 28.1 Å². The molecular formula is C47H48FN9O6S. The molecule has 1 N–H and O–H groups in total. The summed E-state index contributed by atoms with van der Waals surface area (Å²) in [7, 11) is -2.47. The first-order valence-corrected chi connectivity index (χ1v) is 23.7. The van der Waals surface area contributed by atoms with Crippen molar-refractivity contribution in [3.05, 3.63) is 139 Å². The van der Waals surface area contributed by atoms with E-state index in [2.05, 4.69) is 39.6 Å². The van der Waals surface area contributed by atoms with Gasteiger partial charge in [-0.25, -0.2) is 27.2 Å². The maximum atomic E-state index is 15.5. The highest BCUT2D eigenvalue weighted by Gasteiger charge is 2.59. The van der Waals surface area contributed by atoms with Crippen molar-refractivity contribution in [1.29, 1.82) is 0 Å². The summed E-state index contributed by atoms with van der Waals surface area (Å²) >= 11 is 0. The molecule has 1 saturated carbocycles. The van der Waals surface area contributed by atoms with Crippen LogP contribution in [0.2, 0.25) is 0 Å². The topological polar surface area (TPSA) is 168 Å². The number of aromatic amines is 1. The summed E-state index contributed by atoms with van der Waals surface area (Å²) in [4.78, 5) is 47.8. The number of nitrogens with one attached hydrogen (secondary N) is 1. The lowest BCUT2D eigenvalue weighted by atomic mass is 9.91. The van der Waals surface area contributed by atoms with Gasteiger partial charge in [-0.05, 0) is 130 Å². The number of amides is 1. The van der Waals surface area contributed by atoms with Gasteiger partial charge in [-0.1, -0.05) is 18.1 Å². The highest BCUT2D eigenvalue weighted by Crippen LogP contribution is 2.56. The monoisotopic (exact) mass is 885 g/mol. The fourth-order valence-electron chi connectivity index (χ4n) is 10.5. The molecule has 7 aromatic rings. The van der Waals surface area contributed by atoms with Crippen LogP contribution in [0.5, 0.6) is 0 Å². The molecule has 0 radical (unpaired) electrons. The molecule has 7 heterocycles. The summed E-state index contributed by atoms with van der Waals surface area (Å²) in [6.07, 6.45) is 6.98. The number of ether oxygens (including phenoxy) is 1. The van der Waals surface area contributed by atoms with Crippen LogP contribution in [-0.2, 0) is 26.4 Å². The summed E-state index contributed by atoms with van der Waals surface area (Å²) in [5.74, 6) is 0.472. The Bertz CT molecular complexity index is 3260. The van der Waals surface area contributed by atoms with Crippen LogP contribution in [0.15, 0.2) is 96.4 Å². The number of hydrogen-bond acceptors (Lipinski definition) is 9. The third kappa shape index (κ3) is 6.21. The molecule has 1 aliphatic carbocycles. The number of fused-ring (bicyclic) bond motifs is 2. The summed E-state index contributed by atoms with van der Waals surface area (Å²) in [6, 6.07) is 18.3. The number of rotatable bonds is 8. The fraction of sp³-hybridized carbons (Fsp3) is 0.383. The Balaban J connectivity index is 1.04. The molecule has 4 atom stereocenters. The van der Waals surface area contributed by atoms with Crippen molar-refractivity contribution in [3.63, 3.8) is 0 Å². The quantitative estimate of drug-likeness (QED) is 0.173. The van der Waals surface area contributed by atoms with Crippen LogP contribution in [0.3, 0.4) is 0 Å². The third-order valence-electron chi connectivity index (χ3n) is 14.0. The van der Waals surface area contributed by atoms with E-state index < -0.39 is 27.1 Å². The minimum atomic E-state index is -2.47. The second-order valence-electron chi connectivity index (χ2n) is 17.8. The Morgan fingerprint density at radius 3 is 2.36 bits per heavy atom. The van der Waals surface area contributed by atoms with Crippen LogP contribution < -0.4 is 11.4 Å². The predicted octanol–water partition coefficient (Wildman–Crippen LogP) is 6.87. The molecule has 1 amide bonds. The van der Waals surface area contributed by atoms with E-state index in [-0.39, 0.29) is 23.3 Å². The Kier molecular flexibility index (Phi) is 9.40. The van der Waals surface area contributed by atoms with E-state index in [1.807, 2.05) is 22.5 Å². The number of halogens is 1. The minimum absolute atomic E-state index is 0.0240. The first-order chi connectivity index (χ1) is 30.9. The third-order valence-corrected chi connectivity index (χ3v) is 16.5. The van der Waals surface area contributed by atoms with Gasteiger partial charge in [-0.2, -0.15) is 5.10 Å². The number of aromatic nitrogens is 7. The predicted molar refractivity (Wildman–Crippen MR) is 237 cm³/mol. The van der Waals surface area contributed by atoms with E-state index in [0.29, 0.717) is 107 Å². The van der Waals surface area contributed by atoms with Gasteiger partial charge in [0.05, 0.1) is 32.8 Å². The van der Waals surface area contributed by atoms with E-state index in [4.69, 9.17) is 14.4 Å². The van der Waals surface area contributed by atoms with Gasteiger partial charge < -0.3 is 14.2 Å². The second kappa shape index (κ2) is 14.9. The zero-order valence-electron chi connectivity index (χ0n) is 36.0. The Labute approximate surface area is 367 Å². The first-order valence-electron chi connectivity index (χ1n) is 22.0. The average Bonchev–Trinajstić information content (AvgIpc) is 3.96. The lowest BCUT2D eigenvalue weighted by molar-refractivity contribution is 0.0663. The number of nitrogens with zero attached hydrogens (tertiary/aromatic N) is 8. The van der Waals surface area contributed by atoms with E-state index >= 15 is 9.18 Å². The molecule has 1 unspecified atom stereocenters. The normalized spacial score (nSPS) is 23.4. The van der Waals surface area contributed by atoms with Crippen LogP contribution in [-0.4, -0.2) is 80.7 Å². The van der Waals surface area contributed by atoms with Crippen molar-refractivity contribution in [2.75, 3.05) is 32.1 Å². The minimum Gasteiger partial charge on any atom is -0.381 e. The van der Waals surface area contributed by atoms with E-state index in [1.165, 1.54) is 14.7 Å². The van der Waals surface area contributed by atoms with Crippen LogP contribution in [0.1, 0.15) is 95.8 Å². The smallest absolute Gasteiger partial charge is 0.381 e. The van der Waals surface area contributed by atoms with Crippen molar-refractivity contribution in [3.8, 4) is 17.2 Å². The number of carbonyl (C=O) groups excluding carboxylic acids is 1. The Morgan fingerprint density at radius 1 is 0.953 bits per heavy atom. The van der Waals surface area contributed by atoms with Crippen molar-refractivity contribution in [1.82, 2.24) is 38.5 Å². The molecule has 1 saturated heterocycles. The highest BCUT2D eigenvalue weighted by molar-refractivity contribution is 7.93. The molecule has 2 fully saturated rings. The largest absolute Gasteiger partial charge is 0.438 e. The van der Waals surface area contributed by atoms with E-state index in [0.717, 1.165) is 30.2 Å². The maximum Gasteiger partial charge on any atom is 0.438 e. The summed E-state index contributed by atoms with van der Waals surface area (Å²) < 4.78 is 50.3.